The van der Waals surface area contributed by atoms with Crippen LogP contribution >= 0.6 is 0 Å². The molecule has 1 atom stereocenters. The van der Waals surface area contributed by atoms with Gasteiger partial charge >= 0.3 is 0 Å². The molecule has 3 heteroatoms. The zero-order valence-corrected chi connectivity index (χ0v) is 11.1. The van der Waals surface area contributed by atoms with E-state index in [0.29, 0.717) is 5.92 Å². The molecule has 1 aromatic rings. The Kier molecular flexibility index (Phi) is 6.01. The molecule has 0 fully saturated rings. The van der Waals surface area contributed by atoms with Gasteiger partial charge in [-0.1, -0.05) is 19.1 Å². The van der Waals surface area contributed by atoms with Crippen molar-refractivity contribution >= 4 is 0 Å². The second-order valence-electron chi connectivity index (χ2n) is 4.60. The van der Waals surface area contributed by atoms with Gasteiger partial charge in [-0.3, -0.25) is 0 Å². The van der Waals surface area contributed by atoms with Gasteiger partial charge in [0.2, 0.25) is 0 Å². The van der Waals surface area contributed by atoms with E-state index in [1.165, 1.54) is 11.1 Å². The molecule has 1 aromatic carbocycles. The fraction of sp³-hybridized carbons (Fsp3) is 0.571. The van der Waals surface area contributed by atoms with Crippen LogP contribution in [0.15, 0.2) is 18.2 Å². The number of methoxy groups -OCH3 is 1. The molecule has 1 rings (SSSR count). The molecule has 3 nitrogen and oxygen atoms in total. The Morgan fingerprint density at radius 2 is 2.18 bits per heavy atom. The highest BCUT2D eigenvalue weighted by molar-refractivity contribution is 5.36. The standard InChI is InChI=1S/C14H24N2O/c1-11(9-15)10-16-7-6-13-4-5-14(17-3)12(2)8-13/h4-5,8,11,16H,6-7,9-10,15H2,1-3H3. The summed E-state index contributed by atoms with van der Waals surface area (Å²) in [4.78, 5) is 0. The van der Waals surface area contributed by atoms with Gasteiger partial charge in [-0.15, -0.1) is 0 Å². The fourth-order valence-electron chi connectivity index (χ4n) is 1.76. The number of nitrogens with one attached hydrogen (secondary N) is 1. The third kappa shape index (κ3) is 4.75. The fourth-order valence-corrected chi connectivity index (χ4v) is 1.76. The van der Waals surface area contributed by atoms with E-state index in [0.717, 1.165) is 31.8 Å². The van der Waals surface area contributed by atoms with Crippen molar-refractivity contribution < 1.29 is 4.74 Å². The van der Waals surface area contributed by atoms with Crippen molar-refractivity contribution in [1.82, 2.24) is 5.32 Å². The number of aryl methyl sites for hydroxylation is 1. The minimum absolute atomic E-state index is 0.549. The number of rotatable bonds is 7. The Morgan fingerprint density at radius 1 is 1.41 bits per heavy atom. The highest BCUT2D eigenvalue weighted by Crippen LogP contribution is 2.18. The molecule has 96 valence electrons. The summed E-state index contributed by atoms with van der Waals surface area (Å²) in [6, 6.07) is 6.35. The van der Waals surface area contributed by atoms with Crippen molar-refractivity contribution in [2.45, 2.75) is 20.3 Å². The van der Waals surface area contributed by atoms with Gasteiger partial charge in [0.15, 0.2) is 0 Å². The lowest BCUT2D eigenvalue weighted by molar-refractivity contribution is 0.411. The molecular weight excluding hydrogens is 212 g/mol. The lowest BCUT2D eigenvalue weighted by Crippen LogP contribution is -2.27. The quantitative estimate of drug-likeness (QED) is 0.709. The first-order valence-corrected chi connectivity index (χ1v) is 6.21. The molecule has 0 amide bonds. The van der Waals surface area contributed by atoms with E-state index in [9.17, 15) is 0 Å². The molecule has 0 aliphatic rings. The van der Waals surface area contributed by atoms with Crippen LogP contribution in [0.4, 0.5) is 0 Å². The third-order valence-electron chi connectivity index (χ3n) is 2.94. The number of hydrogen-bond acceptors (Lipinski definition) is 3. The average molecular weight is 236 g/mol. The molecule has 3 N–H and O–H groups in total. The monoisotopic (exact) mass is 236 g/mol. The largest absolute Gasteiger partial charge is 0.496 e. The molecule has 0 radical (unpaired) electrons. The van der Waals surface area contributed by atoms with E-state index in [4.69, 9.17) is 10.5 Å². The van der Waals surface area contributed by atoms with E-state index in [2.05, 4.69) is 31.3 Å². The van der Waals surface area contributed by atoms with Crippen LogP contribution in [0.3, 0.4) is 0 Å². The Bertz CT molecular complexity index is 339. The number of nitrogens with two attached hydrogens (primary N) is 1. The average Bonchev–Trinajstić information content (AvgIpc) is 2.34. The van der Waals surface area contributed by atoms with Gasteiger partial charge in [0.25, 0.3) is 0 Å². The minimum Gasteiger partial charge on any atom is -0.496 e. The van der Waals surface area contributed by atoms with Gasteiger partial charge in [-0.2, -0.15) is 0 Å². The first-order chi connectivity index (χ1) is 8.17. The summed E-state index contributed by atoms with van der Waals surface area (Å²) in [5.74, 6) is 1.51. The maximum atomic E-state index is 5.56. The van der Waals surface area contributed by atoms with Gasteiger partial charge < -0.3 is 15.8 Å². The topological polar surface area (TPSA) is 47.3 Å². The smallest absolute Gasteiger partial charge is 0.121 e. The Hall–Kier alpha value is -1.06. The molecule has 0 heterocycles. The van der Waals surface area contributed by atoms with Gasteiger partial charge in [0.1, 0.15) is 5.75 Å². The molecular formula is C14H24N2O. The summed E-state index contributed by atoms with van der Waals surface area (Å²) < 4.78 is 5.24. The first kappa shape index (κ1) is 14.0. The van der Waals surface area contributed by atoms with Crippen LogP contribution in [0.2, 0.25) is 0 Å². The van der Waals surface area contributed by atoms with Crippen LogP contribution in [0.5, 0.6) is 5.75 Å². The minimum atomic E-state index is 0.549. The molecule has 0 aliphatic heterocycles. The molecule has 0 bridgehead atoms. The predicted octanol–water partition coefficient (Wildman–Crippen LogP) is 1.73. The highest BCUT2D eigenvalue weighted by atomic mass is 16.5. The number of benzene rings is 1. The lowest BCUT2D eigenvalue weighted by Gasteiger charge is -2.11. The van der Waals surface area contributed by atoms with Gasteiger partial charge in [-0.25, -0.2) is 0 Å². The molecule has 0 aliphatic carbocycles. The van der Waals surface area contributed by atoms with Crippen molar-refractivity contribution in [3.05, 3.63) is 29.3 Å². The summed E-state index contributed by atoms with van der Waals surface area (Å²) in [7, 11) is 1.71. The van der Waals surface area contributed by atoms with Crippen molar-refractivity contribution in [2.75, 3.05) is 26.7 Å². The second-order valence-corrected chi connectivity index (χ2v) is 4.60. The summed E-state index contributed by atoms with van der Waals surface area (Å²) in [5, 5.41) is 3.42. The molecule has 1 unspecified atom stereocenters. The van der Waals surface area contributed by atoms with Crippen molar-refractivity contribution in [1.29, 1.82) is 0 Å². The van der Waals surface area contributed by atoms with E-state index in [1.54, 1.807) is 7.11 Å². The van der Waals surface area contributed by atoms with Gasteiger partial charge in [0.05, 0.1) is 7.11 Å². The van der Waals surface area contributed by atoms with Crippen molar-refractivity contribution in [3.63, 3.8) is 0 Å². The maximum absolute atomic E-state index is 5.56. The van der Waals surface area contributed by atoms with Crippen molar-refractivity contribution in [2.24, 2.45) is 11.7 Å². The van der Waals surface area contributed by atoms with E-state index in [1.807, 2.05) is 6.07 Å². The zero-order valence-electron chi connectivity index (χ0n) is 11.1. The van der Waals surface area contributed by atoms with E-state index >= 15 is 0 Å². The van der Waals surface area contributed by atoms with E-state index in [-0.39, 0.29) is 0 Å². The van der Waals surface area contributed by atoms with E-state index < -0.39 is 0 Å². The molecule has 0 saturated heterocycles. The normalized spacial score (nSPS) is 12.5. The molecule has 0 saturated carbocycles. The highest BCUT2D eigenvalue weighted by Gasteiger charge is 2.01. The summed E-state index contributed by atoms with van der Waals surface area (Å²) >= 11 is 0. The summed E-state index contributed by atoms with van der Waals surface area (Å²) in [5.41, 5.74) is 8.10. The number of hydrogen-bond donors (Lipinski definition) is 2. The Morgan fingerprint density at radius 3 is 2.76 bits per heavy atom. The Balaban J connectivity index is 2.34. The van der Waals surface area contributed by atoms with Crippen LogP contribution in [0.25, 0.3) is 0 Å². The maximum Gasteiger partial charge on any atom is 0.121 e. The van der Waals surface area contributed by atoms with Gasteiger partial charge in [-0.05, 0) is 56.1 Å². The first-order valence-electron chi connectivity index (χ1n) is 6.21. The summed E-state index contributed by atoms with van der Waals surface area (Å²) in [6.45, 7) is 6.97. The van der Waals surface area contributed by atoms with Crippen LogP contribution in [0.1, 0.15) is 18.1 Å². The predicted molar refractivity (Wildman–Crippen MR) is 72.5 cm³/mol. The number of ether oxygens (including phenoxy) is 1. The van der Waals surface area contributed by atoms with Crippen LogP contribution in [-0.2, 0) is 6.42 Å². The second kappa shape index (κ2) is 7.30. The molecule has 17 heavy (non-hydrogen) atoms. The SMILES string of the molecule is COc1ccc(CCNCC(C)CN)cc1C. The summed E-state index contributed by atoms with van der Waals surface area (Å²) in [6.07, 6.45) is 1.04. The lowest BCUT2D eigenvalue weighted by atomic mass is 10.1. The van der Waals surface area contributed by atoms with Gasteiger partial charge in [0, 0.05) is 0 Å². The zero-order chi connectivity index (χ0) is 12.7. The van der Waals surface area contributed by atoms with Crippen molar-refractivity contribution in [3.8, 4) is 5.75 Å². The molecule has 0 spiro atoms. The Labute approximate surface area is 104 Å². The van der Waals surface area contributed by atoms with Crippen LogP contribution < -0.4 is 15.8 Å². The van der Waals surface area contributed by atoms with Crippen LogP contribution in [-0.4, -0.2) is 26.7 Å². The third-order valence-corrected chi connectivity index (χ3v) is 2.94. The van der Waals surface area contributed by atoms with Crippen LogP contribution in [0, 0.1) is 12.8 Å². The molecule has 0 aromatic heterocycles.